The second kappa shape index (κ2) is 3.76. The molecule has 0 aliphatic carbocycles. The average molecular weight is 90.1 g/mol. The van der Waals surface area contributed by atoms with E-state index in [0.717, 1.165) is 0 Å². The lowest BCUT2D eigenvalue weighted by Crippen LogP contribution is -1.83. The molecule has 0 atom stereocenters. The zero-order valence-electron chi connectivity index (χ0n) is 2.34. The number of nitrogens with zero attached hydrogens (tertiary/aromatic N) is 1. The minimum atomic E-state index is 0.546. The molecule has 0 aliphatic rings. The molecule has 0 amide bonds. The molecule has 0 heterocycles. The van der Waals surface area contributed by atoms with Crippen LogP contribution in [0.5, 0.6) is 0 Å². The first-order valence-electron chi connectivity index (χ1n) is 0.830. The maximum Gasteiger partial charge on any atom is 0.164 e. The van der Waals surface area contributed by atoms with Crippen LogP contribution in [-0.4, -0.2) is 0 Å². The molecule has 0 unspecified atom stereocenters. The van der Waals surface area contributed by atoms with E-state index in [1.54, 1.807) is 5.40 Å². The van der Waals surface area contributed by atoms with Crippen LogP contribution in [-0.2, 0) is 4.28 Å². The molecule has 5 heavy (non-hydrogen) atoms. The van der Waals surface area contributed by atoms with Crippen molar-refractivity contribution in [1.29, 1.82) is 5.26 Å². The molecule has 0 aromatic rings. The van der Waals surface area contributed by atoms with Crippen molar-refractivity contribution in [3.05, 3.63) is 0 Å². The number of hydrogen-bond acceptors (Lipinski definition) is 4. The summed E-state index contributed by atoms with van der Waals surface area (Å²) in [7, 11) is 0. The van der Waals surface area contributed by atoms with E-state index in [1.165, 1.54) is 0 Å². The van der Waals surface area contributed by atoms with Crippen LogP contribution < -0.4 is 5.90 Å². The van der Waals surface area contributed by atoms with Gasteiger partial charge in [0.05, 0.1) is 0 Å². The van der Waals surface area contributed by atoms with E-state index in [0.29, 0.717) is 12.0 Å². The highest BCUT2D eigenvalue weighted by molar-refractivity contribution is 7.99. The van der Waals surface area contributed by atoms with E-state index in [-0.39, 0.29) is 0 Å². The standard InChI is InChI=1S/CH2N2OS/c2-1-5-4-3/h3H2. The van der Waals surface area contributed by atoms with Gasteiger partial charge < -0.3 is 0 Å². The summed E-state index contributed by atoms with van der Waals surface area (Å²) in [6.07, 6.45) is 0. The highest BCUT2D eigenvalue weighted by Gasteiger charge is 1.65. The Morgan fingerprint density at radius 3 is 2.60 bits per heavy atom. The van der Waals surface area contributed by atoms with Crippen LogP contribution in [0.15, 0.2) is 0 Å². The summed E-state index contributed by atoms with van der Waals surface area (Å²) in [5.74, 6) is 4.38. The van der Waals surface area contributed by atoms with Crippen molar-refractivity contribution in [2.24, 2.45) is 5.90 Å². The van der Waals surface area contributed by atoms with Gasteiger partial charge in [-0.1, -0.05) is 0 Å². The molecule has 4 heteroatoms. The van der Waals surface area contributed by atoms with E-state index < -0.39 is 0 Å². The monoisotopic (exact) mass is 90.0 g/mol. The SMILES string of the molecule is N#CSON. The summed E-state index contributed by atoms with van der Waals surface area (Å²) in [6.45, 7) is 0. The smallest absolute Gasteiger partial charge is 0.164 e. The molecular weight excluding hydrogens is 88.1 g/mol. The molecule has 28 valence electrons. The average Bonchev–Trinajstić information content (AvgIpc) is 1.41. The summed E-state index contributed by atoms with van der Waals surface area (Å²) in [5, 5.41) is 9.16. The zero-order chi connectivity index (χ0) is 4.12. The van der Waals surface area contributed by atoms with Gasteiger partial charge >= 0.3 is 0 Å². The Morgan fingerprint density at radius 2 is 2.60 bits per heavy atom. The number of hydrogen-bond donors (Lipinski definition) is 1. The predicted molar refractivity (Wildman–Crippen MR) is 18.5 cm³/mol. The fourth-order valence-electron chi connectivity index (χ4n) is 0.0215. The van der Waals surface area contributed by atoms with Crippen LogP contribution in [0.4, 0.5) is 0 Å². The van der Waals surface area contributed by atoms with Gasteiger partial charge in [-0.25, -0.2) is 10.2 Å². The van der Waals surface area contributed by atoms with Crippen molar-refractivity contribution in [3.63, 3.8) is 0 Å². The summed E-state index contributed by atoms with van der Waals surface area (Å²) in [5.41, 5.74) is 0. The molecular formula is CH2N2OS. The topological polar surface area (TPSA) is 59.0 Å². The number of rotatable bonds is 1. The molecule has 2 N–H and O–H groups in total. The van der Waals surface area contributed by atoms with Crippen molar-refractivity contribution in [2.45, 2.75) is 0 Å². The van der Waals surface area contributed by atoms with Gasteiger partial charge in [-0.15, -0.1) is 0 Å². The minimum absolute atomic E-state index is 0.546. The fraction of sp³-hybridized carbons (Fsp3) is 0. The van der Waals surface area contributed by atoms with Crippen LogP contribution in [0.2, 0.25) is 0 Å². The Morgan fingerprint density at radius 1 is 2.00 bits per heavy atom. The lowest BCUT2D eigenvalue weighted by atomic mass is 11.8. The second-order valence-electron chi connectivity index (χ2n) is 0.271. The molecule has 3 nitrogen and oxygen atoms in total. The minimum Gasteiger partial charge on any atom is -0.219 e. The Labute approximate surface area is 33.9 Å². The van der Waals surface area contributed by atoms with Gasteiger partial charge in [0, 0.05) is 0 Å². The van der Waals surface area contributed by atoms with Gasteiger partial charge in [0.15, 0.2) is 5.40 Å². The van der Waals surface area contributed by atoms with E-state index in [2.05, 4.69) is 10.2 Å². The van der Waals surface area contributed by atoms with Gasteiger partial charge in [0.2, 0.25) is 0 Å². The van der Waals surface area contributed by atoms with Gasteiger partial charge in [0.25, 0.3) is 0 Å². The number of thiocyanates is 1. The van der Waals surface area contributed by atoms with Crippen molar-refractivity contribution in [1.82, 2.24) is 0 Å². The second-order valence-corrected chi connectivity index (χ2v) is 0.813. The van der Waals surface area contributed by atoms with E-state index in [4.69, 9.17) is 5.26 Å². The van der Waals surface area contributed by atoms with Crippen LogP contribution in [0, 0.1) is 10.7 Å². The quantitative estimate of drug-likeness (QED) is 0.280. The molecule has 0 aromatic heterocycles. The molecule has 0 spiro atoms. The third-order valence-electron chi connectivity index (χ3n) is 0.0854. The summed E-state index contributed by atoms with van der Waals surface area (Å²) >= 11 is 0.546. The Hall–Kier alpha value is -0.240. The van der Waals surface area contributed by atoms with E-state index in [9.17, 15) is 0 Å². The number of nitrogens with two attached hydrogens (primary N) is 1. The third kappa shape index (κ3) is 3.76. The summed E-state index contributed by atoms with van der Waals surface area (Å²) in [4.78, 5) is 0. The summed E-state index contributed by atoms with van der Waals surface area (Å²) < 4.78 is 3.75. The van der Waals surface area contributed by atoms with Crippen LogP contribution in [0.25, 0.3) is 0 Å². The third-order valence-corrected chi connectivity index (χ3v) is 0.256. The Bertz CT molecular complexity index is 48.1. The Balaban J connectivity index is 2.48. The highest BCUT2D eigenvalue weighted by atomic mass is 32.2. The highest BCUT2D eigenvalue weighted by Crippen LogP contribution is 1.87. The van der Waals surface area contributed by atoms with Crippen LogP contribution in [0.1, 0.15) is 0 Å². The van der Waals surface area contributed by atoms with Gasteiger partial charge in [0.1, 0.15) is 12.0 Å². The first-order chi connectivity index (χ1) is 2.41. The fourth-order valence-corrected chi connectivity index (χ4v) is 0.0645. The molecule has 0 aromatic carbocycles. The molecule has 0 saturated heterocycles. The van der Waals surface area contributed by atoms with Crippen LogP contribution >= 0.6 is 12.0 Å². The summed E-state index contributed by atoms with van der Waals surface area (Å²) in [6, 6.07) is 0. The molecule has 0 aliphatic heterocycles. The van der Waals surface area contributed by atoms with Gasteiger partial charge in [-0.3, -0.25) is 0 Å². The zero-order valence-corrected chi connectivity index (χ0v) is 3.16. The first kappa shape index (κ1) is 4.76. The van der Waals surface area contributed by atoms with Crippen molar-refractivity contribution >= 4 is 12.0 Å². The van der Waals surface area contributed by atoms with E-state index >= 15 is 0 Å². The van der Waals surface area contributed by atoms with Gasteiger partial charge in [-0.05, 0) is 0 Å². The molecule has 0 radical (unpaired) electrons. The lowest BCUT2D eigenvalue weighted by Gasteiger charge is -1.70. The van der Waals surface area contributed by atoms with Gasteiger partial charge in [-0.2, -0.15) is 5.26 Å². The largest absolute Gasteiger partial charge is 0.219 e. The van der Waals surface area contributed by atoms with Crippen molar-refractivity contribution < 1.29 is 4.28 Å². The Kier molecular flexibility index (Phi) is 3.58. The first-order valence-corrected chi connectivity index (χ1v) is 1.57. The normalized spacial score (nSPS) is 6.40. The molecule has 0 bridgehead atoms. The van der Waals surface area contributed by atoms with E-state index in [1.807, 2.05) is 0 Å². The maximum absolute atomic E-state index is 7.57. The molecule has 0 fully saturated rings. The van der Waals surface area contributed by atoms with Crippen molar-refractivity contribution in [3.8, 4) is 5.40 Å². The maximum atomic E-state index is 7.57. The van der Waals surface area contributed by atoms with Crippen LogP contribution in [0.3, 0.4) is 0 Å². The lowest BCUT2D eigenvalue weighted by molar-refractivity contribution is 0.402. The number of nitriles is 1. The molecule has 0 saturated carbocycles. The molecule has 0 rings (SSSR count). The predicted octanol–water partition coefficient (Wildman–Crippen LogP) is 0.00598. The van der Waals surface area contributed by atoms with Crippen molar-refractivity contribution in [2.75, 3.05) is 0 Å².